The number of alkyl halides is 1. The minimum absolute atomic E-state index is 0.161. The van der Waals surface area contributed by atoms with Crippen LogP contribution in [0.5, 0.6) is 0 Å². The van der Waals surface area contributed by atoms with E-state index in [0.29, 0.717) is 12.8 Å². The van der Waals surface area contributed by atoms with E-state index in [-0.39, 0.29) is 5.88 Å². The molecule has 0 aromatic heterocycles. The summed E-state index contributed by atoms with van der Waals surface area (Å²) in [4.78, 5) is 22.5. The maximum Gasteiger partial charge on any atom is 0.374 e. The van der Waals surface area contributed by atoms with E-state index in [0.717, 1.165) is 0 Å². The summed E-state index contributed by atoms with van der Waals surface area (Å²) in [6.45, 7) is 3.68. The van der Waals surface area contributed by atoms with Crippen LogP contribution in [0.1, 0.15) is 26.7 Å². The maximum atomic E-state index is 11.5. The lowest BCUT2D eigenvalue weighted by atomic mass is 9.80. The summed E-state index contributed by atoms with van der Waals surface area (Å²) < 4.78 is 4.38. The van der Waals surface area contributed by atoms with Crippen molar-refractivity contribution in [3.05, 3.63) is 0 Å². The number of Topliss-reactive ketones (excluding diaryl/α,β-unsaturated/α-hetero) is 1. The van der Waals surface area contributed by atoms with Crippen LogP contribution in [-0.4, -0.2) is 24.7 Å². The van der Waals surface area contributed by atoms with Gasteiger partial charge in [0, 0.05) is 5.88 Å². The number of carbonyl (C=O) groups excluding carboxylic acids is 2. The molecule has 0 N–H and O–H groups in total. The third-order valence-electron chi connectivity index (χ3n) is 2.46. The van der Waals surface area contributed by atoms with Gasteiger partial charge in [-0.05, 0) is 12.8 Å². The number of hydrogen-bond acceptors (Lipinski definition) is 3. The Bertz CT molecular complexity index is 189. The average Bonchev–Trinajstić information content (AvgIpc) is 2.20. The standard InChI is InChI=1S/C9H15ClO3/c1-4-9(5-2,6-10)7(11)8(12)13-3/h4-6H2,1-3H3. The number of hydrogen-bond donors (Lipinski definition) is 0. The zero-order valence-electron chi connectivity index (χ0n) is 8.22. The molecule has 13 heavy (non-hydrogen) atoms. The second-order valence-corrected chi connectivity index (χ2v) is 3.21. The molecule has 3 nitrogen and oxygen atoms in total. The summed E-state index contributed by atoms with van der Waals surface area (Å²) in [5.41, 5.74) is -0.741. The molecule has 0 aromatic carbocycles. The Morgan fingerprint density at radius 2 is 1.77 bits per heavy atom. The molecule has 0 spiro atoms. The predicted octanol–water partition coefficient (Wildman–Crippen LogP) is 1.77. The van der Waals surface area contributed by atoms with Gasteiger partial charge in [0.05, 0.1) is 12.5 Å². The molecule has 0 bridgehead atoms. The lowest BCUT2D eigenvalue weighted by Crippen LogP contribution is -2.37. The number of rotatable bonds is 5. The average molecular weight is 207 g/mol. The van der Waals surface area contributed by atoms with E-state index >= 15 is 0 Å². The maximum absolute atomic E-state index is 11.5. The van der Waals surface area contributed by atoms with Crippen LogP contribution in [0.25, 0.3) is 0 Å². The van der Waals surface area contributed by atoms with Crippen molar-refractivity contribution in [1.29, 1.82) is 0 Å². The first-order valence-corrected chi connectivity index (χ1v) is 4.80. The number of ketones is 1. The van der Waals surface area contributed by atoms with Crippen molar-refractivity contribution in [3.8, 4) is 0 Å². The molecule has 0 aliphatic carbocycles. The highest BCUT2D eigenvalue weighted by Crippen LogP contribution is 2.29. The van der Waals surface area contributed by atoms with Gasteiger partial charge in [0.2, 0.25) is 5.78 Å². The first kappa shape index (κ1) is 12.4. The summed E-state index contributed by atoms with van der Waals surface area (Å²) in [6, 6.07) is 0. The van der Waals surface area contributed by atoms with E-state index in [1.165, 1.54) is 7.11 Å². The third-order valence-corrected chi connectivity index (χ3v) is 2.97. The molecular formula is C9H15ClO3. The highest BCUT2D eigenvalue weighted by Gasteiger charge is 2.38. The summed E-state index contributed by atoms with van der Waals surface area (Å²) in [5, 5.41) is 0. The van der Waals surface area contributed by atoms with Gasteiger partial charge in [-0.15, -0.1) is 11.6 Å². The molecule has 0 radical (unpaired) electrons. The Labute approximate surface area is 83.4 Å². The molecule has 0 heterocycles. The highest BCUT2D eigenvalue weighted by molar-refractivity contribution is 6.37. The van der Waals surface area contributed by atoms with Gasteiger partial charge in [0.1, 0.15) is 0 Å². The fraction of sp³-hybridized carbons (Fsp3) is 0.778. The molecule has 0 amide bonds. The normalized spacial score (nSPS) is 11.1. The monoisotopic (exact) mass is 206 g/mol. The van der Waals surface area contributed by atoms with Crippen molar-refractivity contribution in [1.82, 2.24) is 0 Å². The van der Waals surface area contributed by atoms with Gasteiger partial charge in [0.25, 0.3) is 0 Å². The Hall–Kier alpha value is -0.570. The van der Waals surface area contributed by atoms with E-state index in [1.54, 1.807) is 0 Å². The largest absolute Gasteiger partial charge is 0.463 e. The zero-order valence-corrected chi connectivity index (χ0v) is 8.98. The van der Waals surface area contributed by atoms with Gasteiger partial charge in [-0.1, -0.05) is 13.8 Å². The van der Waals surface area contributed by atoms with Crippen LogP contribution in [0.3, 0.4) is 0 Å². The van der Waals surface area contributed by atoms with Gasteiger partial charge in [-0.2, -0.15) is 0 Å². The fourth-order valence-corrected chi connectivity index (χ4v) is 1.63. The summed E-state index contributed by atoms with van der Waals surface area (Å²) in [6.07, 6.45) is 1.11. The van der Waals surface area contributed by atoms with Gasteiger partial charge in [-0.25, -0.2) is 4.79 Å². The van der Waals surface area contributed by atoms with Crippen LogP contribution in [0.2, 0.25) is 0 Å². The van der Waals surface area contributed by atoms with Gasteiger partial charge in [0.15, 0.2) is 0 Å². The Kier molecular flexibility index (Phi) is 4.99. The first-order chi connectivity index (χ1) is 6.07. The van der Waals surface area contributed by atoms with Crippen LogP contribution >= 0.6 is 11.6 Å². The van der Waals surface area contributed by atoms with E-state index < -0.39 is 17.2 Å². The fourth-order valence-electron chi connectivity index (χ4n) is 1.13. The van der Waals surface area contributed by atoms with E-state index in [4.69, 9.17) is 11.6 Å². The smallest absolute Gasteiger partial charge is 0.374 e. The highest BCUT2D eigenvalue weighted by atomic mass is 35.5. The SMILES string of the molecule is CCC(CC)(CCl)C(=O)C(=O)OC. The molecular weight excluding hydrogens is 192 g/mol. The number of ether oxygens (including phenoxy) is 1. The second-order valence-electron chi connectivity index (χ2n) is 2.94. The number of methoxy groups -OCH3 is 1. The molecule has 0 aliphatic heterocycles. The second kappa shape index (κ2) is 5.22. The number of carbonyl (C=O) groups is 2. The summed E-state index contributed by atoms with van der Waals surface area (Å²) in [7, 11) is 1.20. The molecule has 0 saturated heterocycles. The van der Waals surface area contributed by atoms with Crippen LogP contribution < -0.4 is 0 Å². The Balaban J connectivity index is 4.73. The minimum Gasteiger partial charge on any atom is -0.463 e. The van der Waals surface area contributed by atoms with E-state index in [9.17, 15) is 9.59 Å². The van der Waals surface area contributed by atoms with Gasteiger partial charge >= 0.3 is 5.97 Å². The summed E-state index contributed by atoms with van der Waals surface area (Å²) >= 11 is 5.69. The van der Waals surface area contributed by atoms with E-state index in [1.807, 2.05) is 13.8 Å². The lowest BCUT2D eigenvalue weighted by Gasteiger charge is -2.25. The predicted molar refractivity (Wildman–Crippen MR) is 50.8 cm³/mol. The molecule has 4 heteroatoms. The van der Waals surface area contributed by atoms with Crippen LogP contribution in [-0.2, 0) is 14.3 Å². The molecule has 0 aromatic rings. The van der Waals surface area contributed by atoms with Crippen molar-refractivity contribution in [3.63, 3.8) is 0 Å². The Morgan fingerprint density at radius 3 is 2.00 bits per heavy atom. The number of halogens is 1. The van der Waals surface area contributed by atoms with Crippen molar-refractivity contribution < 1.29 is 14.3 Å². The van der Waals surface area contributed by atoms with Crippen molar-refractivity contribution in [2.24, 2.45) is 5.41 Å². The molecule has 0 atom stereocenters. The third kappa shape index (κ3) is 2.44. The molecule has 0 rings (SSSR count). The first-order valence-electron chi connectivity index (χ1n) is 4.26. The van der Waals surface area contributed by atoms with E-state index in [2.05, 4.69) is 4.74 Å². The van der Waals surface area contributed by atoms with Crippen LogP contribution in [0.15, 0.2) is 0 Å². The Morgan fingerprint density at radius 1 is 1.31 bits per heavy atom. The molecule has 0 saturated carbocycles. The lowest BCUT2D eigenvalue weighted by molar-refractivity contribution is -0.156. The molecule has 0 unspecified atom stereocenters. The summed E-state index contributed by atoms with van der Waals surface area (Å²) in [5.74, 6) is -1.16. The quantitative estimate of drug-likeness (QED) is 0.391. The van der Waals surface area contributed by atoms with Crippen molar-refractivity contribution in [2.75, 3.05) is 13.0 Å². The number of esters is 1. The van der Waals surface area contributed by atoms with Crippen LogP contribution in [0.4, 0.5) is 0 Å². The van der Waals surface area contributed by atoms with Crippen molar-refractivity contribution in [2.45, 2.75) is 26.7 Å². The zero-order chi connectivity index (χ0) is 10.5. The van der Waals surface area contributed by atoms with Crippen LogP contribution in [0, 0.1) is 5.41 Å². The van der Waals surface area contributed by atoms with Gasteiger partial charge < -0.3 is 4.74 Å². The minimum atomic E-state index is -0.802. The molecule has 76 valence electrons. The van der Waals surface area contributed by atoms with Crippen molar-refractivity contribution >= 4 is 23.4 Å². The topological polar surface area (TPSA) is 43.4 Å². The van der Waals surface area contributed by atoms with Gasteiger partial charge in [-0.3, -0.25) is 4.79 Å². The molecule has 0 fully saturated rings. The molecule has 0 aliphatic rings.